The molecule has 0 bridgehead atoms. The molecule has 1 unspecified atom stereocenters. The van der Waals surface area contributed by atoms with E-state index in [-0.39, 0.29) is 0 Å². The Morgan fingerprint density at radius 1 is 0.614 bits per heavy atom. The second kappa shape index (κ2) is 19.4. The van der Waals surface area contributed by atoms with Gasteiger partial charge in [-0.3, -0.25) is 0 Å². The fraction of sp³-hybridized carbons (Fsp3) is 0.561. The zero-order valence-electron chi connectivity index (χ0n) is 29.1. The summed E-state index contributed by atoms with van der Waals surface area (Å²) in [6.07, 6.45) is 16.1. The van der Waals surface area contributed by atoms with E-state index in [4.69, 9.17) is 15.0 Å². The second-order valence-corrected chi connectivity index (χ2v) is 12.9. The molecule has 0 amide bonds. The number of benzene rings is 3. The largest absolute Gasteiger partial charge is 0.493 e. The van der Waals surface area contributed by atoms with E-state index < -0.39 is 0 Å². The molecule has 0 aromatic heterocycles. The molecule has 0 saturated carbocycles. The molecule has 3 aromatic rings. The van der Waals surface area contributed by atoms with Gasteiger partial charge in [-0.2, -0.15) is 5.11 Å². The van der Waals surface area contributed by atoms with Gasteiger partial charge in [0.1, 0.15) is 5.75 Å². The molecule has 0 saturated heterocycles. The van der Waals surface area contributed by atoms with Gasteiger partial charge >= 0.3 is 0 Å². The van der Waals surface area contributed by atoms with E-state index >= 15 is 0 Å². The summed E-state index contributed by atoms with van der Waals surface area (Å²) in [4.78, 5) is 0. The fourth-order valence-electron chi connectivity index (χ4n) is 5.98. The highest BCUT2D eigenvalue weighted by atomic mass is 16.5. The Labute approximate surface area is 269 Å². The smallest absolute Gasteiger partial charge is 0.122 e. The van der Waals surface area contributed by atoms with E-state index in [0.29, 0.717) is 11.8 Å². The lowest BCUT2D eigenvalue weighted by Crippen LogP contribution is -2.01. The molecule has 0 aliphatic heterocycles. The third kappa shape index (κ3) is 10.9. The van der Waals surface area contributed by atoms with Gasteiger partial charge < -0.3 is 4.74 Å². The van der Waals surface area contributed by atoms with Crippen molar-refractivity contribution in [3.63, 3.8) is 0 Å². The van der Waals surface area contributed by atoms with Gasteiger partial charge in [-0.25, -0.2) is 0 Å². The van der Waals surface area contributed by atoms with Crippen molar-refractivity contribution < 1.29 is 4.74 Å². The van der Waals surface area contributed by atoms with E-state index in [9.17, 15) is 0 Å². The monoisotopic (exact) mass is 596 g/mol. The van der Waals surface area contributed by atoms with E-state index in [1.165, 1.54) is 97.6 Å². The quantitative estimate of drug-likeness (QED) is 0.0943. The van der Waals surface area contributed by atoms with Crippen molar-refractivity contribution in [3.8, 4) is 16.9 Å². The zero-order valence-corrected chi connectivity index (χ0v) is 29.1. The molecule has 3 aromatic carbocycles. The molecule has 3 heteroatoms. The van der Waals surface area contributed by atoms with E-state index in [1.54, 1.807) is 0 Å². The van der Waals surface area contributed by atoms with Gasteiger partial charge in [0.2, 0.25) is 0 Å². The number of aryl methyl sites for hydroxylation is 2. The highest BCUT2D eigenvalue weighted by Crippen LogP contribution is 2.36. The van der Waals surface area contributed by atoms with Crippen LogP contribution in [-0.2, 0) is 12.8 Å². The van der Waals surface area contributed by atoms with Gasteiger partial charge in [-0.15, -0.1) is 5.11 Å². The number of nitrogens with zero attached hydrogens (tertiary/aromatic N) is 2. The van der Waals surface area contributed by atoms with Crippen LogP contribution in [0.25, 0.3) is 11.1 Å². The van der Waals surface area contributed by atoms with Crippen molar-refractivity contribution in [1.29, 1.82) is 0 Å². The van der Waals surface area contributed by atoms with Crippen molar-refractivity contribution in [2.45, 2.75) is 144 Å². The summed E-state index contributed by atoms with van der Waals surface area (Å²) < 4.78 is 6.25. The van der Waals surface area contributed by atoms with Crippen LogP contribution in [0, 0.1) is 0 Å². The van der Waals surface area contributed by atoms with Gasteiger partial charge in [0, 0.05) is 0 Å². The molecule has 3 rings (SSSR count). The minimum Gasteiger partial charge on any atom is -0.493 e. The Hall–Kier alpha value is -2.94. The van der Waals surface area contributed by atoms with Crippen LogP contribution in [0.3, 0.4) is 0 Å². The minimum atomic E-state index is 0.358. The Morgan fingerprint density at radius 2 is 1.23 bits per heavy atom. The van der Waals surface area contributed by atoms with Crippen molar-refractivity contribution in [2.75, 3.05) is 6.61 Å². The minimum absolute atomic E-state index is 0.358. The van der Waals surface area contributed by atoms with Gasteiger partial charge in [0.05, 0.1) is 18.0 Å². The van der Waals surface area contributed by atoms with Crippen molar-refractivity contribution in [3.05, 3.63) is 76.9 Å². The summed E-state index contributed by atoms with van der Waals surface area (Å²) in [5, 5.41) is 9.61. The maximum Gasteiger partial charge on any atom is 0.122 e. The average molecular weight is 597 g/mol. The van der Waals surface area contributed by atoms with Crippen LogP contribution in [0.2, 0.25) is 0 Å². The fourth-order valence-corrected chi connectivity index (χ4v) is 5.98. The lowest BCUT2D eigenvalue weighted by molar-refractivity contribution is 0.300. The topological polar surface area (TPSA) is 34.0 Å². The normalized spacial score (nSPS) is 12.4. The van der Waals surface area contributed by atoms with E-state index in [2.05, 4.69) is 97.0 Å². The van der Waals surface area contributed by atoms with Crippen molar-refractivity contribution >= 4 is 11.4 Å². The summed E-state index contributed by atoms with van der Waals surface area (Å²) >= 11 is 0. The Kier molecular flexibility index (Phi) is 15.7. The van der Waals surface area contributed by atoms with E-state index in [1.807, 2.05) is 6.07 Å². The molecule has 3 nitrogen and oxygen atoms in total. The number of azo groups is 1. The average Bonchev–Trinajstić information content (AvgIpc) is 3.05. The molecule has 0 heterocycles. The summed E-state index contributed by atoms with van der Waals surface area (Å²) in [6, 6.07) is 20.1. The molecule has 0 aliphatic carbocycles. The van der Waals surface area contributed by atoms with Crippen LogP contribution in [0.1, 0.15) is 153 Å². The number of hydrogen-bond acceptors (Lipinski definition) is 3. The van der Waals surface area contributed by atoms with Gasteiger partial charge in [-0.1, -0.05) is 131 Å². The Balaban J connectivity index is 1.71. The lowest BCUT2D eigenvalue weighted by atomic mass is 9.92. The predicted molar refractivity (Wildman–Crippen MR) is 191 cm³/mol. The first kappa shape index (κ1) is 35.5. The third-order valence-electron chi connectivity index (χ3n) is 8.97. The SMILES string of the molecule is CCCCCCCCCCOc1ccc(N=Nc2c(CC)cc(-c3ccc(C(C)CCCC)cc3)cc2CC)cc1C(C)C. The van der Waals surface area contributed by atoms with Gasteiger partial charge in [0.25, 0.3) is 0 Å². The maximum absolute atomic E-state index is 6.25. The molecule has 240 valence electrons. The third-order valence-corrected chi connectivity index (χ3v) is 8.97. The maximum atomic E-state index is 6.25. The summed E-state index contributed by atoms with van der Waals surface area (Å²) in [5.74, 6) is 1.95. The highest BCUT2D eigenvalue weighted by Gasteiger charge is 2.13. The van der Waals surface area contributed by atoms with Gasteiger partial charge in [-0.05, 0) is 101 Å². The molecule has 0 fully saturated rings. The van der Waals surface area contributed by atoms with Gasteiger partial charge in [0.15, 0.2) is 0 Å². The van der Waals surface area contributed by atoms with Crippen LogP contribution >= 0.6 is 0 Å². The first-order chi connectivity index (χ1) is 21.4. The predicted octanol–water partition coefficient (Wildman–Crippen LogP) is 13.8. The van der Waals surface area contributed by atoms with Crippen LogP contribution in [0.4, 0.5) is 11.4 Å². The molecule has 0 spiro atoms. The molecular weight excluding hydrogens is 536 g/mol. The van der Waals surface area contributed by atoms with E-state index in [0.717, 1.165) is 43.0 Å². The number of ether oxygens (including phenoxy) is 1. The summed E-state index contributed by atoms with van der Waals surface area (Å²) in [7, 11) is 0. The number of unbranched alkanes of at least 4 members (excludes halogenated alkanes) is 8. The standard InChI is InChI=1S/C41H60N2O/c1-8-12-14-15-16-17-18-19-27-44-40-26-25-38(30-39(40)31(5)6)42-43-41-33(10-3)28-37(29-34(41)11-4)36-23-21-35(22-24-36)32(7)20-13-9-2/h21-26,28-32H,8-20,27H2,1-7H3. The summed E-state index contributed by atoms with van der Waals surface area (Å²) in [6.45, 7) is 16.5. The molecule has 1 atom stereocenters. The number of rotatable bonds is 20. The van der Waals surface area contributed by atoms with Crippen LogP contribution in [0.5, 0.6) is 5.75 Å². The molecule has 0 N–H and O–H groups in total. The second-order valence-electron chi connectivity index (χ2n) is 12.9. The molecular formula is C41H60N2O. The first-order valence-electron chi connectivity index (χ1n) is 17.9. The van der Waals surface area contributed by atoms with Crippen molar-refractivity contribution in [1.82, 2.24) is 0 Å². The van der Waals surface area contributed by atoms with Crippen LogP contribution < -0.4 is 4.74 Å². The first-order valence-corrected chi connectivity index (χ1v) is 17.9. The molecule has 0 radical (unpaired) electrons. The van der Waals surface area contributed by atoms with Crippen molar-refractivity contribution in [2.24, 2.45) is 10.2 Å². The van der Waals surface area contributed by atoms with Crippen LogP contribution in [-0.4, -0.2) is 6.61 Å². The van der Waals surface area contributed by atoms with Crippen LogP contribution in [0.15, 0.2) is 64.8 Å². The lowest BCUT2D eigenvalue weighted by Gasteiger charge is -2.15. The Bertz CT molecular complexity index is 1250. The Morgan fingerprint density at radius 3 is 1.82 bits per heavy atom. The zero-order chi connectivity index (χ0) is 31.7. The molecule has 44 heavy (non-hydrogen) atoms. The highest BCUT2D eigenvalue weighted by molar-refractivity contribution is 5.70. The summed E-state index contributed by atoms with van der Waals surface area (Å²) in [5.41, 5.74) is 9.58. The number of hydrogen-bond donors (Lipinski definition) is 0. The molecule has 0 aliphatic rings.